The number of fused-ring (bicyclic) bond motifs is 4. The standard InChI is InChI=1S/C23H27.C12H9Si.2ClH.Zr/c1-6-16(2)20-13-12-18-14-19(23(3,4)5)15-21(18)22(20)17-10-8-7-9-11-17;1-3-7-11-9(5-1)10-6-2-4-8-12(10)13-11;;;/h7-16H,6H2,1-5H3;1-7H,13H2;2*1H;/q;;;;+2/p-2. The van der Waals surface area contributed by atoms with Crippen LogP contribution in [0.15, 0.2) is 90.5 Å². The number of allylic oxidation sites excluding steroid dienone is 1. The van der Waals surface area contributed by atoms with Crippen LogP contribution in [0, 0.1) is 5.41 Å². The van der Waals surface area contributed by atoms with Gasteiger partial charge in [-0.3, -0.25) is 0 Å². The van der Waals surface area contributed by atoms with E-state index in [1.807, 2.05) is 0 Å². The number of hydrogen-bond acceptors (Lipinski definition) is 0. The van der Waals surface area contributed by atoms with Gasteiger partial charge in [0.1, 0.15) is 0 Å². The van der Waals surface area contributed by atoms with Gasteiger partial charge in [-0.05, 0) is 0 Å². The van der Waals surface area contributed by atoms with E-state index in [9.17, 15) is 0 Å². The number of rotatable bonds is 5. The molecule has 0 bridgehead atoms. The van der Waals surface area contributed by atoms with Crippen LogP contribution in [0.3, 0.4) is 0 Å². The Kier molecular flexibility index (Phi) is 7.25. The normalized spacial score (nSPS) is 17.5. The first-order chi connectivity index (χ1) is 18.6. The third-order valence-electron chi connectivity index (χ3n) is 8.88. The van der Waals surface area contributed by atoms with Gasteiger partial charge in [0.05, 0.1) is 0 Å². The van der Waals surface area contributed by atoms with Gasteiger partial charge in [-0.1, -0.05) is 0 Å². The van der Waals surface area contributed by atoms with Crippen molar-refractivity contribution >= 4 is 46.3 Å². The van der Waals surface area contributed by atoms with Gasteiger partial charge < -0.3 is 0 Å². The van der Waals surface area contributed by atoms with Gasteiger partial charge in [-0.25, -0.2) is 0 Å². The van der Waals surface area contributed by atoms with Crippen LogP contribution in [-0.2, 0) is 17.9 Å². The number of hydrogen-bond donors (Lipinski definition) is 0. The molecule has 2 unspecified atom stereocenters. The zero-order chi connectivity index (χ0) is 27.5. The molecule has 1 aliphatic carbocycles. The van der Waals surface area contributed by atoms with E-state index < -0.39 is 27.4 Å². The summed E-state index contributed by atoms with van der Waals surface area (Å²) in [6.45, 7) is 11.6. The Bertz CT molecular complexity index is 1600. The molecule has 0 N–H and O–H groups in total. The molecule has 0 radical (unpaired) electrons. The van der Waals surface area contributed by atoms with Crippen molar-refractivity contribution in [1.29, 1.82) is 0 Å². The first-order valence-corrected chi connectivity index (χ1v) is 24.5. The van der Waals surface area contributed by atoms with Crippen molar-refractivity contribution in [3.8, 4) is 22.3 Å². The maximum atomic E-state index is 7.91. The third-order valence-corrected chi connectivity index (χ3v) is 23.1. The predicted octanol–water partition coefficient (Wildman–Crippen LogP) is 8.24. The maximum absolute atomic E-state index is 7.91. The number of benzene rings is 4. The molecule has 198 valence electrons. The summed E-state index contributed by atoms with van der Waals surface area (Å²) in [4.78, 5) is 0. The molecule has 4 aromatic carbocycles. The second kappa shape index (κ2) is 10.3. The molecule has 4 heteroatoms. The van der Waals surface area contributed by atoms with Crippen molar-refractivity contribution in [2.75, 3.05) is 0 Å². The van der Waals surface area contributed by atoms with Gasteiger partial charge >= 0.3 is 250 Å². The van der Waals surface area contributed by atoms with Crippen molar-refractivity contribution in [3.05, 3.63) is 107 Å². The first-order valence-electron chi connectivity index (χ1n) is 14.2. The molecule has 0 amide bonds. The summed E-state index contributed by atoms with van der Waals surface area (Å²) in [5, 5.41) is 3.00. The predicted molar refractivity (Wildman–Crippen MR) is 172 cm³/mol. The minimum atomic E-state index is -4.03. The summed E-state index contributed by atoms with van der Waals surface area (Å²) in [6.07, 6.45) is 3.58. The topological polar surface area (TPSA) is 0 Å². The van der Waals surface area contributed by atoms with E-state index in [1.165, 1.54) is 58.2 Å². The fraction of sp³-hybridized carbons (Fsp3) is 0.257. The molecule has 0 fully saturated rings. The molecule has 0 saturated heterocycles. The molecule has 0 nitrogen and oxygen atoms in total. The van der Waals surface area contributed by atoms with E-state index in [1.54, 1.807) is 0 Å². The first kappa shape index (κ1) is 27.5. The molecule has 0 aromatic heterocycles. The monoisotopic (exact) mass is 644 g/mol. The van der Waals surface area contributed by atoms with Gasteiger partial charge in [0.2, 0.25) is 0 Å². The van der Waals surface area contributed by atoms with Crippen molar-refractivity contribution in [2.45, 2.75) is 50.6 Å². The van der Waals surface area contributed by atoms with Crippen LogP contribution in [-0.4, -0.2) is 9.52 Å². The Hall–Kier alpha value is -1.70. The molecular formula is C35H36Cl2SiZr. The van der Waals surface area contributed by atoms with E-state index in [4.69, 9.17) is 17.0 Å². The molecular weight excluding hydrogens is 611 g/mol. The van der Waals surface area contributed by atoms with E-state index in [-0.39, 0.29) is 9.04 Å². The Morgan fingerprint density at radius 3 is 2.26 bits per heavy atom. The summed E-state index contributed by atoms with van der Waals surface area (Å²) in [5.74, 6) is 0.471. The Morgan fingerprint density at radius 1 is 0.846 bits per heavy atom. The molecule has 6 rings (SSSR count). The molecule has 2 aliphatic rings. The molecule has 1 heterocycles. The summed E-state index contributed by atoms with van der Waals surface area (Å²) in [7, 11) is 15.2. The quantitative estimate of drug-likeness (QED) is 0.169. The average Bonchev–Trinajstić information content (AvgIpc) is 3.52. The van der Waals surface area contributed by atoms with Gasteiger partial charge in [0, 0.05) is 0 Å². The van der Waals surface area contributed by atoms with Crippen molar-refractivity contribution < 1.29 is 17.9 Å². The van der Waals surface area contributed by atoms with Crippen LogP contribution in [0.5, 0.6) is 0 Å². The van der Waals surface area contributed by atoms with Crippen molar-refractivity contribution in [3.63, 3.8) is 0 Å². The van der Waals surface area contributed by atoms with Crippen molar-refractivity contribution in [1.82, 2.24) is 0 Å². The van der Waals surface area contributed by atoms with E-state index in [2.05, 4.69) is 126 Å². The van der Waals surface area contributed by atoms with Gasteiger partial charge in [-0.2, -0.15) is 0 Å². The zero-order valence-corrected chi connectivity index (χ0v) is 28.9. The molecule has 0 spiro atoms. The van der Waals surface area contributed by atoms with Crippen LogP contribution in [0.25, 0.3) is 28.3 Å². The van der Waals surface area contributed by atoms with E-state index >= 15 is 0 Å². The van der Waals surface area contributed by atoms with Crippen LogP contribution in [0.1, 0.15) is 67.3 Å². The molecule has 2 atom stereocenters. The fourth-order valence-electron chi connectivity index (χ4n) is 6.69. The SMILES string of the molecule is CCC(C)c1ccc2c(c1-c1ccccc1)C=C(C(C)(C)C)[CH]2[Zr]([Cl])([Cl])[c]1cccc2c1[SiH2]c1ccccc1-2. The van der Waals surface area contributed by atoms with Crippen LogP contribution in [0.2, 0.25) is 0 Å². The van der Waals surface area contributed by atoms with Crippen molar-refractivity contribution in [2.24, 2.45) is 5.41 Å². The zero-order valence-electron chi connectivity index (χ0n) is 23.5. The van der Waals surface area contributed by atoms with E-state index in [0.717, 1.165) is 6.42 Å². The summed E-state index contributed by atoms with van der Waals surface area (Å²) >= 11 is -4.03. The minimum absolute atomic E-state index is 0.0432. The Labute approximate surface area is 247 Å². The molecule has 4 aromatic rings. The van der Waals surface area contributed by atoms with Gasteiger partial charge in [0.25, 0.3) is 0 Å². The van der Waals surface area contributed by atoms with Crippen LogP contribution < -0.4 is 13.6 Å². The molecule has 39 heavy (non-hydrogen) atoms. The van der Waals surface area contributed by atoms with Gasteiger partial charge in [0.15, 0.2) is 0 Å². The third kappa shape index (κ3) is 4.61. The van der Waals surface area contributed by atoms with E-state index in [0.29, 0.717) is 5.92 Å². The van der Waals surface area contributed by atoms with Crippen LogP contribution >= 0.6 is 17.0 Å². The summed E-state index contributed by atoms with van der Waals surface area (Å²) in [6, 6.07) is 31.3. The molecule has 0 saturated carbocycles. The second-order valence-electron chi connectivity index (χ2n) is 12.3. The summed E-state index contributed by atoms with van der Waals surface area (Å²) < 4.78 is 1.38. The average molecular weight is 647 g/mol. The number of halogens is 2. The molecule has 1 aliphatic heterocycles. The van der Waals surface area contributed by atoms with Crippen LogP contribution in [0.4, 0.5) is 0 Å². The summed E-state index contributed by atoms with van der Waals surface area (Å²) in [5.41, 5.74) is 10.8. The second-order valence-corrected chi connectivity index (χ2v) is 28.1. The Morgan fingerprint density at radius 2 is 1.54 bits per heavy atom. The fourth-order valence-corrected chi connectivity index (χ4v) is 23.8. The van der Waals surface area contributed by atoms with Gasteiger partial charge in [-0.15, -0.1) is 0 Å². The Balaban J connectivity index is 1.58.